The summed E-state index contributed by atoms with van der Waals surface area (Å²) in [6, 6.07) is 5.08. The molecule has 1 rings (SSSR count). The highest BCUT2D eigenvalue weighted by molar-refractivity contribution is 5.70. The normalized spacial score (nSPS) is 14.0. The maximum atomic E-state index is 11.2. The Labute approximate surface area is 106 Å². The van der Waals surface area contributed by atoms with Crippen molar-refractivity contribution in [3.8, 4) is 0 Å². The summed E-state index contributed by atoms with van der Waals surface area (Å²) in [7, 11) is 0. The van der Waals surface area contributed by atoms with E-state index in [4.69, 9.17) is 10.5 Å². The Morgan fingerprint density at radius 1 is 1.44 bits per heavy atom. The molecule has 2 unspecified atom stereocenters. The molecule has 0 aliphatic carbocycles. The van der Waals surface area contributed by atoms with E-state index in [1.165, 1.54) is 0 Å². The van der Waals surface area contributed by atoms with Crippen LogP contribution in [0, 0.1) is 6.92 Å². The number of aliphatic hydroxyl groups is 2. The summed E-state index contributed by atoms with van der Waals surface area (Å²) >= 11 is 0. The predicted molar refractivity (Wildman–Crippen MR) is 67.8 cm³/mol. The van der Waals surface area contributed by atoms with E-state index in [1.54, 1.807) is 32.0 Å². The Kier molecular flexibility index (Phi) is 5.12. The van der Waals surface area contributed by atoms with Gasteiger partial charge < -0.3 is 20.7 Å². The van der Waals surface area contributed by atoms with Gasteiger partial charge in [-0.15, -0.1) is 0 Å². The molecule has 0 amide bonds. The summed E-state index contributed by atoms with van der Waals surface area (Å²) in [5.41, 5.74) is 7.48. The Morgan fingerprint density at radius 2 is 2.11 bits per heavy atom. The van der Waals surface area contributed by atoms with Crippen molar-refractivity contribution >= 4 is 11.7 Å². The van der Waals surface area contributed by atoms with E-state index in [0.717, 1.165) is 0 Å². The summed E-state index contributed by atoms with van der Waals surface area (Å²) in [5.74, 6) is -0.536. The van der Waals surface area contributed by atoms with E-state index in [-0.39, 0.29) is 13.0 Å². The fourth-order valence-corrected chi connectivity index (χ4v) is 1.70. The van der Waals surface area contributed by atoms with Crippen molar-refractivity contribution in [1.29, 1.82) is 0 Å². The first-order chi connectivity index (χ1) is 8.47. The van der Waals surface area contributed by atoms with Gasteiger partial charge in [-0.2, -0.15) is 0 Å². The van der Waals surface area contributed by atoms with Crippen LogP contribution in [0.15, 0.2) is 18.2 Å². The molecule has 0 radical (unpaired) electrons. The minimum absolute atomic E-state index is 0.247. The van der Waals surface area contributed by atoms with Crippen LogP contribution in [-0.2, 0) is 9.53 Å². The lowest BCUT2D eigenvalue weighted by Crippen LogP contribution is -2.23. The third kappa shape index (κ3) is 3.45. The van der Waals surface area contributed by atoms with E-state index in [1.807, 2.05) is 0 Å². The molecule has 100 valence electrons. The predicted octanol–water partition coefficient (Wildman–Crippen LogP) is 0.925. The van der Waals surface area contributed by atoms with E-state index in [9.17, 15) is 15.0 Å². The molecular weight excluding hydrogens is 234 g/mol. The lowest BCUT2D eigenvalue weighted by atomic mass is 9.97. The number of hydrogen-bond acceptors (Lipinski definition) is 5. The topological polar surface area (TPSA) is 92.8 Å². The largest absolute Gasteiger partial charge is 0.466 e. The minimum atomic E-state index is -1.20. The fraction of sp³-hybridized carbons (Fsp3) is 0.462. The number of benzene rings is 1. The number of aliphatic hydroxyl groups excluding tert-OH is 2. The first-order valence-corrected chi connectivity index (χ1v) is 5.84. The van der Waals surface area contributed by atoms with Gasteiger partial charge in [-0.3, -0.25) is 4.79 Å². The highest BCUT2D eigenvalue weighted by Gasteiger charge is 2.23. The summed E-state index contributed by atoms with van der Waals surface area (Å²) < 4.78 is 4.72. The standard InChI is InChI=1S/C13H19NO4/c1-3-18-12(16)7-11(15)13(17)9-5-4-6-10(14)8(9)2/h4-6,11,13,15,17H,3,7,14H2,1-2H3. The van der Waals surface area contributed by atoms with E-state index in [0.29, 0.717) is 16.8 Å². The number of carbonyl (C=O) groups is 1. The monoisotopic (exact) mass is 253 g/mol. The molecule has 5 nitrogen and oxygen atoms in total. The van der Waals surface area contributed by atoms with Crippen LogP contribution in [0.5, 0.6) is 0 Å². The van der Waals surface area contributed by atoms with E-state index >= 15 is 0 Å². The number of esters is 1. The second kappa shape index (κ2) is 6.37. The Hall–Kier alpha value is -1.59. The molecule has 2 atom stereocenters. The quantitative estimate of drug-likeness (QED) is 0.536. The Balaban J connectivity index is 2.77. The molecule has 0 aliphatic heterocycles. The smallest absolute Gasteiger partial charge is 0.308 e. The number of ether oxygens (including phenoxy) is 1. The fourth-order valence-electron chi connectivity index (χ4n) is 1.70. The molecule has 1 aromatic rings. The molecule has 4 N–H and O–H groups in total. The van der Waals surface area contributed by atoms with Crippen LogP contribution in [0.2, 0.25) is 0 Å². The summed E-state index contributed by atoms with van der Waals surface area (Å²) in [6.45, 7) is 3.69. The van der Waals surface area contributed by atoms with E-state index in [2.05, 4.69) is 0 Å². The van der Waals surface area contributed by atoms with E-state index < -0.39 is 18.2 Å². The van der Waals surface area contributed by atoms with Crippen molar-refractivity contribution in [2.24, 2.45) is 0 Å². The van der Waals surface area contributed by atoms with Crippen LogP contribution in [0.4, 0.5) is 5.69 Å². The van der Waals surface area contributed by atoms with Gasteiger partial charge in [-0.05, 0) is 31.0 Å². The number of anilines is 1. The average Bonchev–Trinajstić information content (AvgIpc) is 2.32. The van der Waals surface area contributed by atoms with Gasteiger partial charge in [-0.1, -0.05) is 12.1 Å². The second-order valence-electron chi connectivity index (χ2n) is 4.08. The summed E-state index contributed by atoms with van der Waals surface area (Å²) in [4.78, 5) is 11.2. The highest BCUT2D eigenvalue weighted by Crippen LogP contribution is 2.25. The van der Waals surface area contributed by atoms with Crippen molar-refractivity contribution in [3.63, 3.8) is 0 Å². The van der Waals surface area contributed by atoms with Crippen LogP contribution in [0.3, 0.4) is 0 Å². The van der Waals surface area contributed by atoms with Crippen LogP contribution < -0.4 is 5.73 Å². The number of nitrogen functional groups attached to an aromatic ring is 1. The lowest BCUT2D eigenvalue weighted by molar-refractivity contribution is -0.147. The number of nitrogens with two attached hydrogens (primary N) is 1. The van der Waals surface area contributed by atoms with Gasteiger partial charge in [0.05, 0.1) is 19.1 Å². The van der Waals surface area contributed by atoms with Gasteiger partial charge in [-0.25, -0.2) is 0 Å². The molecule has 0 saturated heterocycles. The van der Waals surface area contributed by atoms with Crippen molar-refractivity contribution < 1.29 is 19.7 Å². The van der Waals surface area contributed by atoms with Gasteiger partial charge >= 0.3 is 5.97 Å². The number of carbonyl (C=O) groups excluding carboxylic acids is 1. The van der Waals surface area contributed by atoms with Crippen LogP contribution in [0.1, 0.15) is 30.6 Å². The van der Waals surface area contributed by atoms with Crippen molar-refractivity contribution in [2.45, 2.75) is 32.5 Å². The molecular formula is C13H19NO4. The van der Waals surface area contributed by atoms with Gasteiger partial charge in [0.15, 0.2) is 0 Å². The lowest BCUT2D eigenvalue weighted by Gasteiger charge is -2.20. The third-order valence-electron chi connectivity index (χ3n) is 2.78. The molecule has 0 bridgehead atoms. The summed E-state index contributed by atoms with van der Waals surface area (Å²) in [5, 5.41) is 19.8. The van der Waals surface area contributed by atoms with Crippen molar-refractivity contribution in [1.82, 2.24) is 0 Å². The van der Waals surface area contributed by atoms with Gasteiger partial charge in [0, 0.05) is 5.69 Å². The zero-order valence-electron chi connectivity index (χ0n) is 10.6. The molecule has 5 heteroatoms. The average molecular weight is 253 g/mol. The van der Waals surface area contributed by atoms with Crippen LogP contribution in [0.25, 0.3) is 0 Å². The molecule has 18 heavy (non-hydrogen) atoms. The molecule has 0 aromatic heterocycles. The first-order valence-electron chi connectivity index (χ1n) is 5.84. The second-order valence-corrected chi connectivity index (χ2v) is 4.08. The zero-order valence-corrected chi connectivity index (χ0v) is 10.6. The Bertz CT molecular complexity index is 419. The number of rotatable bonds is 5. The molecule has 0 heterocycles. The summed E-state index contributed by atoms with van der Waals surface area (Å²) in [6.07, 6.45) is -2.61. The third-order valence-corrected chi connectivity index (χ3v) is 2.78. The first kappa shape index (κ1) is 14.5. The zero-order chi connectivity index (χ0) is 13.7. The highest BCUT2D eigenvalue weighted by atomic mass is 16.5. The van der Waals surface area contributed by atoms with Gasteiger partial charge in [0.1, 0.15) is 6.10 Å². The minimum Gasteiger partial charge on any atom is -0.466 e. The van der Waals surface area contributed by atoms with Gasteiger partial charge in [0.25, 0.3) is 0 Å². The van der Waals surface area contributed by atoms with Crippen LogP contribution in [-0.4, -0.2) is 28.9 Å². The SMILES string of the molecule is CCOC(=O)CC(O)C(O)c1cccc(N)c1C. The maximum absolute atomic E-state index is 11.2. The maximum Gasteiger partial charge on any atom is 0.308 e. The molecule has 0 spiro atoms. The Morgan fingerprint density at radius 3 is 2.72 bits per heavy atom. The van der Waals surface area contributed by atoms with Crippen molar-refractivity contribution in [3.05, 3.63) is 29.3 Å². The van der Waals surface area contributed by atoms with Crippen molar-refractivity contribution in [2.75, 3.05) is 12.3 Å². The van der Waals surface area contributed by atoms with Crippen LogP contribution >= 0.6 is 0 Å². The molecule has 0 fully saturated rings. The molecule has 0 saturated carbocycles. The molecule has 1 aromatic carbocycles. The number of hydrogen-bond donors (Lipinski definition) is 3. The van der Waals surface area contributed by atoms with Gasteiger partial charge in [0.2, 0.25) is 0 Å². The molecule has 0 aliphatic rings.